The number of nitro benzene ring substituents is 1. The fraction of sp³-hybridized carbons (Fsp3) is 0.0833. The van der Waals surface area contributed by atoms with Gasteiger partial charge in [0.2, 0.25) is 0 Å². The fourth-order valence-corrected chi connectivity index (χ4v) is 2.16. The van der Waals surface area contributed by atoms with Crippen LogP contribution in [0.4, 0.5) is 17.1 Å². The molecule has 0 unspecified atom stereocenters. The summed E-state index contributed by atoms with van der Waals surface area (Å²) in [4.78, 5) is 22.3. The summed E-state index contributed by atoms with van der Waals surface area (Å²) in [6.07, 6.45) is 0. The van der Waals surface area contributed by atoms with Crippen LogP contribution in [0.25, 0.3) is 0 Å². The van der Waals surface area contributed by atoms with E-state index in [0.29, 0.717) is 11.4 Å². The van der Waals surface area contributed by atoms with Crippen molar-refractivity contribution in [2.75, 3.05) is 17.7 Å². The number of nitrogens with zero attached hydrogens (tertiary/aromatic N) is 1. The summed E-state index contributed by atoms with van der Waals surface area (Å²) < 4.78 is 0. The first kappa shape index (κ1) is 13.0. The number of nitro groups is 1. The molecule has 19 heavy (non-hydrogen) atoms. The molecule has 0 aliphatic carbocycles. The maximum atomic E-state index is 11.9. The van der Waals surface area contributed by atoms with Gasteiger partial charge in [-0.05, 0) is 23.6 Å². The molecule has 1 aromatic carbocycles. The highest BCUT2D eigenvalue weighted by Gasteiger charge is 2.16. The Kier molecular flexibility index (Phi) is 3.76. The van der Waals surface area contributed by atoms with E-state index in [0.717, 1.165) is 0 Å². The molecule has 1 aromatic heterocycles. The maximum Gasteiger partial charge on any atom is 0.293 e. The topological polar surface area (TPSA) is 84.3 Å². The first-order valence-corrected chi connectivity index (χ1v) is 6.36. The van der Waals surface area contributed by atoms with E-state index < -0.39 is 4.92 Å². The van der Waals surface area contributed by atoms with Gasteiger partial charge in [-0.25, -0.2) is 0 Å². The van der Waals surface area contributed by atoms with Crippen molar-refractivity contribution in [3.63, 3.8) is 0 Å². The van der Waals surface area contributed by atoms with E-state index in [1.54, 1.807) is 24.6 Å². The lowest BCUT2D eigenvalue weighted by atomic mass is 10.1. The number of carbonyl (C=O) groups excluding carboxylic acids is 1. The van der Waals surface area contributed by atoms with Crippen LogP contribution in [0.15, 0.2) is 35.0 Å². The van der Waals surface area contributed by atoms with Gasteiger partial charge in [0.05, 0.1) is 10.6 Å². The monoisotopic (exact) mass is 277 g/mol. The summed E-state index contributed by atoms with van der Waals surface area (Å²) >= 11 is 1.46. The number of benzene rings is 1. The van der Waals surface area contributed by atoms with E-state index >= 15 is 0 Å². The number of amides is 1. The molecule has 2 rings (SSSR count). The normalized spacial score (nSPS) is 9.95. The fourth-order valence-electron chi connectivity index (χ4n) is 1.57. The third-order valence-corrected chi connectivity index (χ3v) is 3.19. The van der Waals surface area contributed by atoms with Gasteiger partial charge in [-0.15, -0.1) is 0 Å². The van der Waals surface area contributed by atoms with Gasteiger partial charge in [0.1, 0.15) is 5.69 Å². The van der Waals surface area contributed by atoms with E-state index in [-0.39, 0.29) is 17.2 Å². The van der Waals surface area contributed by atoms with Crippen LogP contribution < -0.4 is 10.6 Å². The number of nitrogens with one attached hydrogen (secondary N) is 2. The first-order chi connectivity index (χ1) is 9.11. The SMILES string of the molecule is CNc1ccc(C(=O)Nc2ccsc2)cc1[N+](=O)[O-]. The smallest absolute Gasteiger partial charge is 0.293 e. The number of hydrogen-bond acceptors (Lipinski definition) is 5. The Morgan fingerprint density at radius 3 is 2.74 bits per heavy atom. The lowest BCUT2D eigenvalue weighted by Crippen LogP contribution is -2.12. The van der Waals surface area contributed by atoms with Crippen LogP contribution in [0.1, 0.15) is 10.4 Å². The van der Waals surface area contributed by atoms with Crippen LogP contribution >= 0.6 is 11.3 Å². The van der Waals surface area contributed by atoms with Crippen molar-refractivity contribution in [3.8, 4) is 0 Å². The van der Waals surface area contributed by atoms with E-state index in [9.17, 15) is 14.9 Å². The molecule has 1 heterocycles. The van der Waals surface area contributed by atoms with Gasteiger partial charge in [-0.3, -0.25) is 14.9 Å². The molecule has 6 nitrogen and oxygen atoms in total. The summed E-state index contributed by atoms with van der Waals surface area (Å²) in [5.74, 6) is -0.371. The van der Waals surface area contributed by atoms with Gasteiger partial charge in [0.25, 0.3) is 11.6 Å². The number of rotatable bonds is 4. The molecule has 0 aliphatic rings. The molecule has 0 atom stereocenters. The van der Waals surface area contributed by atoms with Crippen molar-refractivity contribution in [1.29, 1.82) is 0 Å². The molecule has 0 aliphatic heterocycles. The molecule has 7 heteroatoms. The van der Waals surface area contributed by atoms with Crippen LogP contribution in [-0.2, 0) is 0 Å². The summed E-state index contributed by atoms with van der Waals surface area (Å²) in [7, 11) is 1.59. The molecule has 1 amide bonds. The Balaban J connectivity index is 2.27. The van der Waals surface area contributed by atoms with Gasteiger partial charge in [0.15, 0.2) is 0 Å². The zero-order chi connectivity index (χ0) is 13.8. The standard InChI is InChI=1S/C12H11N3O3S/c1-13-10-3-2-8(6-11(10)15(17)18)12(16)14-9-4-5-19-7-9/h2-7,13H,1H3,(H,14,16). The van der Waals surface area contributed by atoms with Crippen molar-refractivity contribution in [2.45, 2.75) is 0 Å². The van der Waals surface area contributed by atoms with Crippen molar-refractivity contribution in [3.05, 3.63) is 50.7 Å². The first-order valence-electron chi connectivity index (χ1n) is 5.41. The molecule has 2 N–H and O–H groups in total. The van der Waals surface area contributed by atoms with Crippen molar-refractivity contribution >= 4 is 34.3 Å². The molecule has 0 fully saturated rings. The van der Waals surface area contributed by atoms with E-state index in [1.807, 2.05) is 5.38 Å². The van der Waals surface area contributed by atoms with Crippen LogP contribution in [0.3, 0.4) is 0 Å². The molecule has 98 valence electrons. The van der Waals surface area contributed by atoms with E-state index in [2.05, 4.69) is 10.6 Å². The minimum Gasteiger partial charge on any atom is -0.383 e. The van der Waals surface area contributed by atoms with Gasteiger partial charge < -0.3 is 10.6 Å². The molecular weight excluding hydrogens is 266 g/mol. The van der Waals surface area contributed by atoms with Crippen molar-refractivity contribution in [1.82, 2.24) is 0 Å². The summed E-state index contributed by atoms with van der Waals surface area (Å²) in [5, 5.41) is 19.9. The summed E-state index contributed by atoms with van der Waals surface area (Å²) in [6, 6.07) is 6.08. The minimum atomic E-state index is -0.521. The molecule has 0 bridgehead atoms. The molecule has 0 saturated carbocycles. The Labute approximate surface area is 113 Å². The highest BCUT2D eigenvalue weighted by Crippen LogP contribution is 2.25. The lowest BCUT2D eigenvalue weighted by molar-refractivity contribution is -0.384. The second-order valence-electron chi connectivity index (χ2n) is 3.71. The van der Waals surface area contributed by atoms with Gasteiger partial charge in [-0.2, -0.15) is 11.3 Å². The van der Waals surface area contributed by atoms with Gasteiger partial charge in [-0.1, -0.05) is 0 Å². The number of thiophene rings is 1. The van der Waals surface area contributed by atoms with Crippen molar-refractivity contribution < 1.29 is 9.72 Å². The highest BCUT2D eigenvalue weighted by molar-refractivity contribution is 7.08. The molecule has 2 aromatic rings. The van der Waals surface area contributed by atoms with Crippen LogP contribution in [0.2, 0.25) is 0 Å². The predicted octanol–water partition coefficient (Wildman–Crippen LogP) is 2.95. The van der Waals surface area contributed by atoms with Crippen LogP contribution in [0.5, 0.6) is 0 Å². The average Bonchev–Trinajstić information content (AvgIpc) is 2.90. The quantitative estimate of drug-likeness (QED) is 0.664. The van der Waals surface area contributed by atoms with Crippen LogP contribution in [0, 0.1) is 10.1 Å². The Bertz CT molecular complexity index is 611. The zero-order valence-electron chi connectivity index (χ0n) is 10.0. The zero-order valence-corrected chi connectivity index (χ0v) is 10.9. The van der Waals surface area contributed by atoms with E-state index in [1.165, 1.54) is 23.5 Å². The van der Waals surface area contributed by atoms with Crippen molar-refractivity contribution in [2.24, 2.45) is 0 Å². The largest absolute Gasteiger partial charge is 0.383 e. The third-order valence-electron chi connectivity index (χ3n) is 2.50. The van der Waals surface area contributed by atoms with Crippen LogP contribution in [-0.4, -0.2) is 17.9 Å². The Morgan fingerprint density at radius 1 is 1.37 bits per heavy atom. The number of anilines is 2. The second kappa shape index (κ2) is 5.49. The van der Waals surface area contributed by atoms with E-state index in [4.69, 9.17) is 0 Å². The Morgan fingerprint density at radius 2 is 2.16 bits per heavy atom. The summed E-state index contributed by atoms with van der Waals surface area (Å²) in [6.45, 7) is 0. The number of carbonyl (C=O) groups is 1. The third kappa shape index (κ3) is 2.89. The molecule has 0 spiro atoms. The highest BCUT2D eigenvalue weighted by atomic mass is 32.1. The average molecular weight is 277 g/mol. The lowest BCUT2D eigenvalue weighted by Gasteiger charge is -2.05. The Hall–Kier alpha value is -2.41. The summed E-state index contributed by atoms with van der Waals surface area (Å²) in [5.41, 5.74) is 1.17. The molecule has 0 radical (unpaired) electrons. The van der Waals surface area contributed by atoms with Gasteiger partial charge in [0, 0.05) is 24.1 Å². The molecule has 0 saturated heterocycles. The van der Waals surface area contributed by atoms with Gasteiger partial charge >= 0.3 is 0 Å². The predicted molar refractivity (Wildman–Crippen MR) is 74.9 cm³/mol. The number of hydrogen-bond donors (Lipinski definition) is 2. The maximum absolute atomic E-state index is 11.9. The molecular formula is C12H11N3O3S. The second-order valence-corrected chi connectivity index (χ2v) is 4.49. The minimum absolute atomic E-state index is 0.125.